The number of nitrogens with one attached hydrogen (secondary N) is 3. The highest BCUT2D eigenvalue weighted by atomic mass is 16.4. The van der Waals surface area contributed by atoms with E-state index in [9.17, 15) is 19.2 Å². The Hall–Kier alpha value is -2.28. The average Bonchev–Trinajstić information content (AvgIpc) is 2.69. The van der Waals surface area contributed by atoms with Gasteiger partial charge < -0.3 is 43.4 Å². The largest absolute Gasteiger partial charge is 0.480 e. The molecular weight excluding hydrogens is 384 g/mol. The van der Waals surface area contributed by atoms with Crippen LogP contribution in [-0.2, 0) is 19.2 Å². The van der Waals surface area contributed by atoms with Gasteiger partial charge in [0.25, 0.3) is 0 Å². The maximum atomic E-state index is 12.4. The molecule has 0 rings (SSSR count). The van der Waals surface area contributed by atoms with Crippen molar-refractivity contribution in [1.82, 2.24) is 16.0 Å². The minimum atomic E-state index is -1.47. The van der Waals surface area contributed by atoms with Crippen molar-refractivity contribution < 1.29 is 29.4 Å². The van der Waals surface area contributed by atoms with Gasteiger partial charge in [0.05, 0.1) is 19.2 Å². The minimum Gasteiger partial charge on any atom is -0.480 e. The Labute approximate surface area is 169 Å². The van der Waals surface area contributed by atoms with E-state index in [1.807, 2.05) is 0 Å². The number of aliphatic hydroxyl groups excluding tert-OH is 1. The second-order valence-corrected chi connectivity index (χ2v) is 6.60. The number of rotatable bonds is 16. The van der Waals surface area contributed by atoms with Crippen LogP contribution in [-0.4, -0.2) is 78.3 Å². The highest BCUT2D eigenvalue weighted by Gasteiger charge is 2.24. The Morgan fingerprint density at radius 1 is 0.828 bits per heavy atom. The molecule has 0 bridgehead atoms. The standard InChI is InChI=1S/C17H34N6O6/c18-7-3-1-5-11(20)15(26)23-12(6-2-4-8-19)16(27)21-9-14(25)22-13(10-24)17(28)29/h11-13,24H,1-10,18-20H2,(H,21,27)(H,22,25)(H,23,26)(H,28,29). The summed E-state index contributed by atoms with van der Waals surface area (Å²) in [5.41, 5.74) is 16.7. The third kappa shape index (κ3) is 12.0. The molecule has 0 saturated heterocycles. The summed E-state index contributed by atoms with van der Waals surface area (Å²) in [4.78, 5) is 47.2. The molecule has 0 aliphatic heterocycles. The third-order valence-electron chi connectivity index (χ3n) is 4.12. The summed E-state index contributed by atoms with van der Waals surface area (Å²) < 4.78 is 0. The number of carbonyl (C=O) groups is 4. The molecule has 29 heavy (non-hydrogen) atoms. The van der Waals surface area contributed by atoms with Crippen molar-refractivity contribution in [3.05, 3.63) is 0 Å². The Bertz CT molecular complexity index is 533. The first kappa shape index (κ1) is 26.7. The number of carboxylic acid groups (broad SMARTS) is 1. The maximum Gasteiger partial charge on any atom is 0.328 e. The van der Waals surface area contributed by atoms with Gasteiger partial charge in [0, 0.05) is 0 Å². The fourth-order valence-electron chi connectivity index (χ4n) is 2.40. The number of unbranched alkanes of at least 4 members (excludes halogenated alkanes) is 2. The van der Waals surface area contributed by atoms with E-state index in [2.05, 4.69) is 16.0 Å². The maximum absolute atomic E-state index is 12.4. The summed E-state index contributed by atoms with van der Waals surface area (Å²) in [6.07, 6.45) is 3.39. The molecule has 0 fully saturated rings. The summed E-state index contributed by atoms with van der Waals surface area (Å²) in [6, 6.07) is -3.16. The Morgan fingerprint density at radius 2 is 1.41 bits per heavy atom. The second kappa shape index (κ2) is 15.6. The van der Waals surface area contributed by atoms with Crippen LogP contribution in [0.3, 0.4) is 0 Å². The first-order valence-corrected chi connectivity index (χ1v) is 9.63. The number of carboxylic acids is 1. The summed E-state index contributed by atoms with van der Waals surface area (Å²) in [5.74, 6) is -3.27. The van der Waals surface area contributed by atoms with Gasteiger partial charge in [-0.25, -0.2) is 4.79 Å². The van der Waals surface area contributed by atoms with Crippen molar-refractivity contribution in [2.45, 2.75) is 56.7 Å². The van der Waals surface area contributed by atoms with Crippen LogP contribution < -0.4 is 33.2 Å². The summed E-state index contributed by atoms with van der Waals surface area (Å²) >= 11 is 0. The van der Waals surface area contributed by atoms with Crippen molar-refractivity contribution in [2.24, 2.45) is 17.2 Å². The quantitative estimate of drug-likeness (QED) is 0.118. The predicted molar refractivity (Wildman–Crippen MR) is 105 cm³/mol. The molecule has 0 spiro atoms. The second-order valence-electron chi connectivity index (χ2n) is 6.60. The van der Waals surface area contributed by atoms with Crippen molar-refractivity contribution >= 4 is 23.7 Å². The monoisotopic (exact) mass is 418 g/mol. The minimum absolute atomic E-state index is 0.306. The van der Waals surface area contributed by atoms with Gasteiger partial charge in [0.1, 0.15) is 12.1 Å². The molecule has 0 aromatic heterocycles. The molecular formula is C17H34N6O6. The van der Waals surface area contributed by atoms with E-state index in [-0.39, 0.29) is 0 Å². The van der Waals surface area contributed by atoms with Crippen LogP contribution in [0.1, 0.15) is 38.5 Å². The van der Waals surface area contributed by atoms with E-state index in [0.717, 1.165) is 6.42 Å². The predicted octanol–water partition coefficient (Wildman–Crippen LogP) is -3.27. The number of nitrogens with two attached hydrogens (primary N) is 3. The van der Waals surface area contributed by atoms with E-state index in [4.69, 9.17) is 27.4 Å². The molecule has 11 N–H and O–H groups in total. The molecule has 0 aromatic carbocycles. The first-order valence-electron chi connectivity index (χ1n) is 9.63. The highest BCUT2D eigenvalue weighted by molar-refractivity contribution is 5.92. The zero-order valence-corrected chi connectivity index (χ0v) is 16.6. The van der Waals surface area contributed by atoms with Crippen molar-refractivity contribution in [3.8, 4) is 0 Å². The lowest BCUT2D eigenvalue weighted by Crippen LogP contribution is -2.53. The topological polar surface area (TPSA) is 223 Å². The van der Waals surface area contributed by atoms with Gasteiger partial charge in [-0.15, -0.1) is 0 Å². The lowest BCUT2D eigenvalue weighted by Gasteiger charge is -2.21. The van der Waals surface area contributed by atoms with E-state index >= 15 is 0 Å². The normalized spacial score (nSPS) is 13.8. The molecule has 12 nitrogen and oxygen atoms in total. The molecule has 0 aliphatic rings. The van der Waals surface area contributed by atoms with Gasteiger partial charge in [-0.2, -0.15) is 0 Å². The highest BCUT2D eigenvalue weighted by Crippen LogP contribution is 2.03. The van der Waals surface area contributed by atoms with Crippen LogP contribution in [0.15, 0.2) is 0 Å². The molecule has 0 radical (unpaired) electrons. The lowest BCUT2D eigenvalue weighted by molar-refractivity contribution is -0.142. The number of aliphatic carboxylic acids is 1. The van der Waals surface area contributed by atoms with Crippen LogP contribution in [0.5, 0.6) is 0 Å². The number of hydrogen-bond acceptors (Lipinski definition) is 8. The fourth-order valence-corrected chi connectivity index (χ4v) is 2.40. The summed E-state index contributed by atoms with van der Waals surface area (Å²) in [6.45, 7) is -0.357. The lowest BCUT2D eigenvalue weighted by atomic mass is 10.1. The molecule has 0 aliphatic carbocycles. The van der Waals surface area contributed by atoms with Gasteiger partial charge in [0.15, 0.2) is 0 Å². The SMILES string of the molecule is NCCCCC(N)C(=O)NC(CCCCN)C(=O)NCC(=O)NC(CO)C(=O)O. The Kier molecular flexibility index (Phi) is 14.4. The van der Waals surface area contributed by atoms with Gasteiger partial charge in [-0.1, -0.05) is 6.42 Å². The fraction of sp³-hybridized carbons (Fsp3) is 0.765. The molecule has 168 valence electrons. The van der Waals surface area contributed by atoms with Crippen LogP contribution in [0.2, 0.25) is 0 Å². The summed E-state index contributed by atoms with van der Waals surface area (Å²) in [5, 5.41) is 24.7. The molecule has 0 heterocycles. The van der Waals surface area contributed by atoms with Crippen molar-refractivity contribution in [2.75, 3.05) is 26.2 Å². The van der Waals surface area contributed by atoms with Crippen LogP contribution in [0, 0.1) is 0 Å². The van der Waals surface area contributed by atoms with Gasteiger partial charge in [-0.3, -0.25) is 14.4 Å². The number of carbonyl (C=O) groups excluding carboxylic acids is 3. The summed E-state index contributed by atoms with van der Waals surface area (Å²) in [7, 11) is 0. The third-order valence-corrected chi connectivity index (χ3v) is 4.12. The van der Waals surface area contributed by atoms with Crippen LogP contribution in [0.4, 0.5) is 0 Å². The van der Waals surface area contributed by atoms with E-state index < -0.39 is 55.0 Å². The number of hydrogen-bond donors (Lipinski definition) is 8. The van der Waals surface area contributed by atoms with Crippen molar-refractivity contribution in [3.63, 3.8) is 0 Å². The van der Waals surface area contributed by atoms with Crippen LogP contribution >= 0.6 is 0 Å². The van der Waals surface area contributed by atoms with E-state index in [0.29, 0.717) is 45.2 Å². The van der Waals surface area contributed by atoms with Gasteiger partial charge in [-0.05, 0) is 45.2 Å². The van der Waals surface area contributed by atoms with E-state index in [1.54, 1.807) is 0 Å². The number of aliphatic hydroxyl groups is 1. The zero-order valence-electron chi connectivity index (χ0n) is 16.6. The number of amides is 3. The molecule has 3 unspecified atom stereocenters. The Morgan fingerprint density at radius 3 is 1.93 bits per heavy atom. The van der Waals surface area contributed by atoms with Gasteiger partial charge in [0.2, 0.25) is 17.7 Å². The molecule has 0 aromatic rings. The van der Waals surface area contributed by atoms with Gasteiger partial charge >= 0.3 is 5.97 Å². The molecule has 3 amide bonds. The smallest absolute Gasteiger partial charge is 0.328 e. The molecule has 3 atom stereocenters. The zero-order chi connectivity index (χ0) is 22.2. The molecule has 12 heteroatoms. The molecule has 0 saturated carbocycles. The Balaban J connectivity index is 4.71. The van der Waals surface area contributed by atoms with Crippen LogP contribution in [0.25, 0.3) is 0 Å². The average molecular weight is 418 g/mol. The first-order chi connectivity index (χ1) is 13.8. The van der Waals surface area contributed by atoms with Crippen molar-refractivity contribution in [1.29, 1.82) is 0 Å². The van der Waals surface area contributed by atoms with E-state index in [1.165, 1.54) is 0 Å².